The Balaban J connectivity index is 1.65. The molecule has 3 aromatic rings. The molecule has 3 rings (SSSR count). The summed E-state index contributed by atoms with van der Waals surface area (Å²) in [5, 5.41) is 6.06. The second-order valence-corrected chi connectivity index (χ2v) is 5.55. The molecular formula is C20H19N3O2. The van der Waals surface area contributed by atoms with Crippen LogP contribution in [-0.4, -0.2) is 18.0 Å². The van der Waals surface area contributed by atoms with Crippen molar-refractivity contribution in [3.63, 3.8) is 0 Å². The average Bonchev–Trinajstić information content (AvgIpc) is 2.64. The largest absolute Gasteiger partial charge is 0.497 e. The van der Waals surface area contributed by atoms with Gasteiger partial charge in [0.05, 0.1) is 19.0 Å². The number of ether oxygens (including phenoxy) is 1. The standard InChI is InChI=1S/C20H19N3O2/c1-14-5-3-4-6-18(14)20(24)23-16-9-12-19(21-13-16)22-15-7-10-17(25-2)11-8-15/h3-13H,1-2H3,(H,21,22)(H,23,24). The summed E-state index contributed by atoms with van der Waals surface area (Å²) in [5.41, 5.74) is 3.15. The van der Waals surface area contributed by atoms with Crippen molar-refractivity contribution in [1.82, 2.24) is 4.98 Å². The number of hydrogen-bond donors (Lipinski definition) is 2. The molecule has 126 valence electrons. The van der Waals surface area contributed by atoms with Gasteiger partial charge in [0.2, 0.25) is 0 Å². The Kier molecular flexibility index (Phi) is 4.95. The first kappa shape index (κ1) is 16.5. The maximum Gasteiger partial charge on any atom is 0.255 e. The number of carbonyl (C=O) groups excluding carboxylic acids is 1. The highest BCUT2D eigenvalue weighted by molar-refractivity contribution is 6.05. The van der Waals surface area contributed by atoms with Gasteiger partial charge in [0.15, 0.2) is 0 Å². The Morgan fingerprint density at radius 2 is 1.68 bits per heavy atom. The molecule has 2 aromatic carbocycles. The maximum absolute atomic E-state index is 12.3. The van der Waals surface area contributed by atoms with Gasteiger partial charge in [-0.15, -0.1) is 0 Å². The number of methoxy groups -OCH3 is 1. The molecular weight excluding hydrogens is 314 g/mol. The SMILES string of the molecule is COc1ccc(Nc2ccc(NC(=O)c3ccccc3C)cn2)cc1. The monoisotopic (exact) mass is 333 g/mol. The van der Waals surface area contributed by atoms with Crippen LogP contribution in [0.4, 0.5) is 17.2 Å². The second-order valence-electron chi connectivity index (χ2n) is 5.55. The summed E-state index contributed by atoms with van der Waals surface area (Å²) in [6, 6.07) is 18.7. The van der Waals surface area contributed by atoms with E-state index < -0.39 is 0 Å². The van der Waals surface area contributed by atoms with E-state index in [4.69, 9.17) is 4.74 Å². The minimum absolute atomic E-state index is 0.143. The quantitative estimate of drug-likeness (QED) is 0.727. The zero-order valence-electron chi connectivity index (χ0n) is 14.1. The van der Waals surface area contributed by atoms with Crippen molar-refractivity contribution in [2.24, 2.45) is 0 Å². The third kappa shape index (κ3) is 4.14. The number of rotatable bonds is 5. The molecule has 0 unspecified atom stereocenters. The average molecular weight is 333 g/mol. The Labute approximate surface area is 146 Å². The van der Waals surface area contributed by atoms with E-state index in [1.54, 1.807) is 19.4 Å². The van der Waals surface area contributed by atoms with Crippen LogP contribution in [0.1, 0.15) is 15.9 Å². The highest BCUT2D eigenvalue weighted by atomic mass is 16.5. The fourth-order valence-corrected chi connectivity index (χ4v) is 2.39. The minimum atomic E-state index is -0.143. The van der Waals surface area contributed by atoms with Crippen LogP contribution in [0.5, 0.6) is 5.75 Å². The predicted molar refractivity (Wildman–Crippen MR) is 99.6 cm³/mol. The summed E-state index contributed by atoms with van der Waals surface area (Å²) in [7, 11) is 1.63. The van der Waals surface area contributed by atoms with E-state index >= 15 is 0 Å². The molecule has 0 saturated heterocycles. The van der Waals surface area contributed by atoms with Crippen molar-refractivity contribution in [3.8, 4) is 5.75 Å². The predicted octanol–water partition coefficient (Wildman–Crippen LogP) is 4.39. The molecule has 0 aliphatic rings. The summed E-state index contributed by atoms with van der Waals surface area (Å²) < 4.78 is 5.13. The van der Waals surface area contributed by atoms with E-state index in [1.165, 1.54) is 0 Å². The molecule has 5 heteroatoms. The first-order valence-corrected chi connectivity index (χ1v) is 7.90. The van der Waals surface area contributed by atoms with Crippen molar-refractivity contribution in [2.45, 2.75) is 6.92 Å². The fourth-order valence-electron chi connectivity index (χ4n) is 2.39. The highest BCUT2D eigenvalue weighted by Gasteiger charge is 2.08. The van der Waals surface area contributed by atoms with Crippen molar-refractivity contribution in [1.29, 1.82) is 0 Å². The molecule has 0 fully saturated rings. The molecule has 1 aromatic heterocycles. The van der Waals surface area contributed by atoms with Gasteiger partial charge < -0.3 is 15.4 Å². The summed E-state index contributed by atoms with van der Waals surface area (Å²) in [4.78, 5) is 16.6. The molecule has 0 aliphatic carbocycles. The molecule has 0 saturated carbocycles. The number of nitrogens with one attached hydrogen (secondary N) is 2. The first-order valence-electron chi connectivity index (χ1n) is 7.90. The lowest BCUT2D eigenvalue weighted by Gasteiger charge is -2.09. The van der Waals surface area contributed by atoms with Gasteiger partial charge in [-0.25, -0.2) is 4.98 Å². The van der Waals surface area contributed by atoms with Gasteiger partial charge in [0.25, 0.3) is 5.91 Å². The van der Waals surface area contributed by atoms with Crippen LogP contribution in [0.2, 0.25) is 0 Å². The lowest BCUT2D eigenvalue weighted by molar-refractivity contribution is 0.102. The van der Waals surface area contributed by atoms with Gasteiger partial charge in [0.1, 0.15) is 11.6 Å². The summed E-state index contributed by atoms with van der Waals surface area (Å²) in [6.45, 7) is 1.91. The van der Waals surface area contributed by atoms with Gasteiger partial charge >= 0.3 is 0 Å². The molecule has 0 radical (unpaired) electrons. The van der Waals surface area contributed by atoms with Crippen LogP contribution < -0.4 is 15.4 Å². The molecule has 0 bridgehead atoms. The molecule has 0 aliphatic heterocycles. The molecule has 2 N–H and O–H groups in total. The number of aromatic nitrogens is 1. The molecule has 1 amide bonds. The van der Waals surface area contributed by atoms with E-state index in [-0.39, 0.29) is 5.91 Å². The molecule has 0 atom stereocenters. The number of pyridine rings is 1. The lowest BCUT2D eigenvalue weighted by atomic mass is 10.1. The van der Waals surface area contributed by atoms with Gasteiger partial charge in [-0.05, 0) is 55.0 Å². The molecule has 0 spiro atoms. The lowest BCUT2D eigenvalue weighted by Crippen LogP contribution is -2.13. The zero-order chi connectivity index (χ0) is 17.6. The highest BCUT2D eigenvalue weighted by Crippen LogP contribution is 2.20. The topological polar surface area (TPSA) is 63.2 Å². The zero-order valence-corrected chi connectivity index (χ0v) is 14.1. The van der Waals surface area contributed by atoms with Crippen LogP contribution in [0, 0.1) is 6.92 Å². The summed E-state index contributed by atoms with van der Waals surface area (Å²) in [5.74, 6) is 1.35. The normalized spacial score (nSPS) is 10.2. The van der Waals surface area contributed by atoms with E-state index in [0.29, 0.717) is 17.1 Å². The van der Waals surface area contributed by atoms with Gasteiger partial charge in [-0.2, -0.15) is 0 Å². The molecule has 1 heterocycles. The van der Waals surface area contributed by atoms with Gasteiger partial charge in [0, 0.05) is 11.3 Å². The Hall–Kier alpha value is -3.34. The number of benzene rings is 2. The second kappa shape index (κ2) is 7.49. The van der Waals surface area contributed by atoms with Crippen LogP contribution in [0.25, 0.3) is 0 Å². The Morgan fingerprint density at radius 1 is 0.960 bits per heavy atom. The third-order valence-electron chi connectivity index (χ3n) is 3.77. The minimum Gasteiger partial charge on any atom is -0.497 e. The number of aryl methyl sites for hydroxylation is 1. The van der Waals surface area contributed by atoms with Crippen LogP contribution in [0.15, 0.2) is 66.9 Å². The van der Waals surface area contributed by atoms with Crippen LogP contribution in [-0.2, 0) is 0 Å². The fraction of sp³-hybridized carbons (Fsp3) is 0.100. The van der Waals surface area contributed by atoms with E-state index in [0.717, 1.165) is 17.0 Å². The molecule has 25 heavy (non-hydrogen) atoms. The first-order chi connectivity index (χ1) is 12.2. The van der Waals surface area contributed by atoms with E-state index in [2.05, 4.69) is 15.6 Å². The van der Waals surface area contributed by atoms with E-state index in [1.807, 2.05) is 61.5 Å². The Morgan fingerprint density at radius 3 is 2.32 bits per heavy atom. The molecule has 5 nitrogen and oxygen atoms in total. The van der Waals surface area contributed by atoms with Gasteiger partial charge in [-0.3, -0.25) is 4.79 Å². The summed E-state index contributed by atoms with van der Waals surface area (Å²) in [6.07, 6.45) is 1.63. The Bertz CT molecular complexity index is 859. The van der Waals surface area contributed by atoms with Crippen molar-refractivity contribution in [3.05, 3.63) is 78.0 Å². The van der Waals surface area contributed by atoms with E-state index in [9.17, 15) is 4.79 Å². The number of anilines is 3. The van der Waals surface area contributed by atoms with Crippen molar-refractivity contribution >= 4 is 23.1 Å². The number of hydrogen-bond acceptors (Lipinski definition) is 4. The van der Waals surface area contributed by atoms with Crippen LogP contribution in [0.3, 0.4) is 0 Å². The smallest absolute Gasteiger partial charge is 0.255 e. The van der Waals surface area contributed by atoms with Crippen molar-refractivity contribution < 1.29 is 9.53 Å². The number of amides is 1. The maximum atomic E-state index is 12.3. The third-order valence-corrected chi connectivity index (χ3v) is 3.77. The number of carbonyl (C=O) groups is 1. The van der Waals surface area contributed by atoms with Gasteiger partial charge in [-0.1, -0.05) is 18.2 Å². The summed E-state index contributed by atoms with van der Waals surface area (Å²) >= 11 is 0. The van der Waals surface area contributed by atoms with Crippen LogP contribution >= 0.6 is 0 Å². The number of nitrogens with zero attached hydrogens (tertiary/aromatic N) is 1. The van der Waals surface area contributed by atoms with Crippen molar-refractivity contribution in [2.75, 3.05) is 17.7 Å².